The number of halogens is 3. The van der Waals surface area contributed by atoms with E-state index in [9.17, 15) is 17.7 Å². The first-order chi connectivity index (χ1) is 17.1. The van der Waals surface area contributed by atoms with E-state index < -0.39 is 27.5 Å². The molecule has 1 N–H and O–H groups in total. The first-order valence-corrected chi connectivity index (χ1v) is 15.8. The molecule has 0 bridgehead atoms. The van der Waals surface area contributed by atoms with Crippen LogP contribution in [0.1, 0.15) is 50.3 Å². The molecule has 4 nitrogen and oxygen atoms in total. The molecular formula is C27H36F3N3OS2. The summed E-state index contributed by atoms with van der Waals surface area (Å²) in [5.74, 6) is -0.561. The summed E-state index contributed by atoms with van der Waals surface area (Å²) in [6.07, 6.45) is 14.5. The third-order valence-electron chi connectivity index (χ3n) is 7.38. The Balaban J connectivity index is 1.61. The molecule has 1 aromatic heterocycles. The van der Waals surface area contributed by atoms with Gasteiger partial charge in [0, 0.05) is 36.5 Å². The number of imidazole rings is 1. The maximum absolute atomic E-state index is 14.3. The summed E-state index contributed by atoms with van der Waals surface area (Å²) < 4.78 is 56.9. The second kappa shape index (κ2) is 11.4. The van der Waals surface area contributed by atoms with Crippen LogP contribution in [0.3, 0.4) is 0 Å². The van der Waals surface area contributed by atoms with E-state index in [4.69, 9.17) is 4.98 Å². The molecule has 2 aliphatic rings. The molecule has 1 unspecified atom stereocenters. The zero-order valence-corrected chi connectivity index (χ0v) is 22.9. The highest BCUT2D eigenvalue weighted by molar-refractivity contribution is 8.26. The van der Waals surface area contributed by atoms with Crippen LogP contribution in [-0.2, 0) is 12.0 Å². The predicted octanol–water partition coefficient (Wildman–Crippen LogP) is 7.32. The van der Waals surface area contributed by atoms with Gasteiger partial charge in [0.2, 0.25) is 0 Å². The number of piperidine rings is 1. The highest BCUT2D eigenvalue weighted by Crippen LogP contribution is 2.43. The standard InChI is InChI=1S/C27H36F3N3OS2/c1-27(21-9-10-23(29)24(30)17-21)13-5-4-7-22(28)8-6-14-33-25(27)18-31-26(33)35-19-20-11-15-32(16-12-20)36(2,3)34/h6-10,17-18,20,34H,4-5,11-16,19H2,1-3H3/b8-6-,22-7+. The van der Waals surface area contributed by atoms with Gasteiger partial charge in [0.15, 0.2) is 16.8 Å². The largest absolute Gasteiger partial charge is 0.339 e. The van der Waals surface area contributed by atoms with E-state index >= 15 is 0 Å². The van der Waals surface area contributed by atoms with Gasteiger partial charge < -0.3 is 9.12 Å². The predicted molar refractivity (Wildman–Crippen MR) is 144 cm³/mol. The van der Waals surface area contributed by atoms with Crippen LogP contribution >= 0.6 is 22.3 Å². The Hall–Kier alpha value is -1.68. The number of hydrogen-bond donors (Lipinski definition) is 1. The minimum Gasteiger partial charge on any atom is -0.339 e. The van der Waals surface area contributed by atoms with Gasteiger partial charge in [0.25, 0.3) is 0 Å². The van der Waals surface area contributed by atoms with E-state index in [0.29, 0.717) is 37.3 Å². The van der Waals surface area contributed by atoms with Crippen molar-refractivity contribution in [1.82, 2.24) is 13.9 Å². The Morgan fingerprint density at radius 2 is 1.92 bits per heavy atom. The number of benzene rings is 1. The van der Waals surface area contributed by atoms with Crippen molar-refractivity contribution in [3.05, 3.63) is 71.3 Å². The monoisotopic (exact) mass is 539 g/mol. The van der Waals surface area contributed by atoms with Crippen LogP contribution in [0, 0.1) is 17.6 Å². The summed E-state index contributed by atoms with van der Waals surface area (Å²) >= 11 is 1.69. The minimum atomic E-state index is -1.67. The Morgan fingerprint density at radius 3 is 2.61 bits per heavy atom. The lowest BCUT2D eigenvalue weighted by molar-refractivity contribution is 0.292. The van der Waals surface area contributed by atoms with Crippen molar-refractivity contribution in [2.24, 2.45) is 5.92 Å². The molecule has 1 fully saturated rings. The third kappa shape index (κ3) is 6.23. The van der Waals surface area contributed by atoms with Gasteiger partial charge in [-0.05, 0) is 87.3 Å². The van der Waals surface area contributed by atoms with Crippen LogP contribution in [0.5, 0.6) is 0 Å². The van der Waals surface area contributed by atoms with Crippen LogP contribution in [0.4, 0.5) is 13.2 Å². The van der Waals surface area contributed by atoms with E-state index in [-0.39, 0.29) is 5.83 Å². The topological polar surface area (TPSA) is 41.3 Å². The average Bonchev–Trinajstić information content (AvgIpc) is 3.24. The van der Waals surface area contributed by atoms with E-state index in [1.807, 2.05) is 25.6 Å². The van der Waals surface area contributed by atoms with Crippen molar-refractivity contribution in [1.29, 1.82) is 0 Å². The van der Waals surface area contributed by atoms with Crippen LogP contribution in [-0.4, -0.2) is 49.8 Å². The molecule has 2 aromatic rings. The Labute approximate surface area is 218 Å². The maximum Gasteiger partial charge on any atom is 0.168 e. The quantitative estimate of drug-likeness (QED) is 0.404. The van der Waals surface area contributed by atoms with E-state index in [1.54, 1.807) is 30.0 Å². The van der Waals surface area contributed by atoms with E-state index in [1.165, 1.54) is 18.2 Å². The molecule has 0 radical (unpaired) electrons. The summed E-state index contributed by atoms with van der Waals surface area (Å²) in [6.45, 7) is 4.27. The lowest BCUT2D eigenvalue weighted by atomic mass is 9.75. The number of nitrogens with zero attached hydrogens (tertiary/aromatic N) is 3. The van der Waals surface area contributed by atoms with E-state index in [0.717, 1.165) is 42.5 Å². The van der Waals surface area contributed by atoms with E-state index in [2.05, 4.69) is 8.87 Å². The smallest absolute Gasteiger partial charge is 0.168 e. The molecule has 0 spiro atoms. The van der Waals surface area contributed by atoms with Crippen molar-refractivity contribution in [3.63, 3.8) is 0 Å². The fourth-order valence-corrected chi connectivity index (χ4v) is 7.38. The molecule has 198 valence electrons. The number of aromatic nitrogens is 2. The third-order valence-corrected chi connectivity index (χ3v) is 10.2. The number of rotatable bonds is 5. The van der Waals surface area contributed by atoms with Gasteiger partial charge >= 0.3 is 0 Å². The molecule has 1 atom stereocenters. The van der Waals surface area contributed by atoms with Gasteiger partial charge in [-0.15, -0.1) is 0 Å². The Kier molecular flexibility index (Phi) is 8.64. The van der Waals surface area contributed by atoms with Gasteiger partial charge in [-0.25, -0.2) is 22.5 Å². The zero-order valence-electron chi connectivity index (χ0n) is 21.2. The highest BCUT2D eigenvalue weighted by Gasteiger charge is 2.34. The number of hydrogen-bond acceptors (Lipinski definition) is 4. The van der Waals surface area contributed by atoms with Crippen LogP contribution in [0.25, 0.3) is 0 Å². The molecule has 0 amide bonds. The van der Waals surface area contributed by atoms with Crippen LogP contribution in [0.2, 0.25) is 0 Å². The second-order valence-corrected chi connectivity index (χ2v) is 14.2. The maximum atomic E-state index is 14.3. The molecule has 3 heterocycles. The van der Waals surface area contributed by atoms with Gasteiger partial charge in [0.1, 0.15) is 5.83 Å². The zero-order chi connectivity index (χ0) is 25.9. The fraction of sp³-hybridized carbons (Fsp3) is 0.519. The number of thioether (sulfide) groups is 1. The summed E-state index contributed by atoms with van der Waals surface area (Å²) in [7, 11) is -1.67. The molecular weight excluding hydrogens is 503 g/mol. The molecule has 2 aliphatic heterocycles. The molecule has 4 rings (SSSR count). The van der Waals surface area contributed by atoms with Gasteiger partial charge in [-0.2, -0.15) is 0 Å². The van der Waals surface area contributed by atoms with Crippen LogP contribution < -0.4 is 0 Å². The van der Waals surface area contributed by atoms with Crippen molar-refractivity contribution in [3.8, 4) is 0 Å². The molecule has 9 heteroatoms. The molecule has 0 aliphatic carbocycles. The molecule has 0 saturated carbocycles. The van der Waals surface area contributed by atoms with Gasteiger partial charge in [0.05, 0.1) is 6.20 Å². The Bertz CT molecular complexity index is 1120. The average molecular weight is 540 g/mol. The van der Waals surface area contributed by atoms with Crippen molar-refractivity contribution in [2.75, 3.05) is 31.4 Å². The van der Waals surface area contributed by atoms with Gasteiger partial charge in [-0.3, -0.25) is 0 Å². The normalized spacial score (nSPS) is 25.5. The summed E-state index contributed by atoms with van der Waals surface area (Å²) in [6, 6.07) is 4.11. The van der Waals surface area contributed by atoms with Crippen molar-refractivity contribution in [2.45, 2.75) is 56.1 Å². The first kappa shape index (κ1) is 27.4. The molecule has 1 aromatic carbocycles. The summed E-state index contributed by atoms with van der Waals surface area (Å²) in [4.78, 5) is 4.75. The lowest BCUT2D eigenvalue weighted by Gasteiger charge is -2.42. The second-order valence-electron chi connectivity index (χ2n) is 10.3. The SMILES string of the molecule is CC1(c2ccc(F)c(F)c2)CCC/C=C(F)\C=C/Cn2c1cnc2SCC1CCN(S(C)(C)O)CC1. The minimum absolute atomic E-state index is 0.261. The first-order valence-electron chi connectivity index (χ1n) is 12.5. The lowest BCUT2D eigenvalue weighted by Crippen LogP contribution is -2.35. The Morgan fingerprint density at radius 1 is 1.17 bits per heavy atom. The van der Waals surface area contributed by atoms with Crippen LogP contribution in [0.15, 0.2) is 53.6 Å². The highest BCUT2D eigenvalue weighted by atomic mass is 32.3. The summed E-state index contributed by atoms with van der Waals surface area (Å²) in [5, 5.41) is 0.850. The van der Waals surface area contributed by atoms with Gasteiger partial charge in [-0.1, -0.05) is 34.4 Å². The van der Waals surface area contributed by atoms with Crippen molar-refractivity contribution >= 4 is 22.3 Å². The number of fused-ring (bicyclic) bond motifs is 1. The number of allylic oxidation sites excluding steroid dienone is 4. The fourth-order valence-electron chi connectivity index (χ4n) is 5.10. The van der Waals surface area contributed by atoms with Crippen molar-refractivity contribution < 1.29 is 17.7 Å². The molecule has 36 heavy (non-hydrogen) atoms. The summed E-state index contributed by atoms with van der Waals surface area (Å²) in [5.41, 5.74) is 1.00. The molecule has 1 saturated heterocycles.